The highest BCUT2D eigenvalue weighted by atomic mass is 32.2. The SMILES string of the molecule is CCS(=O)(=O)Nc1ccc2c(c1)C(=O)N(C)[C@H]1CC[C@H](CC(=O)NCCOC)O[C@@H]1CO2. The summed E-state index contributed by atoms with van der Waals surface area (Å²) in [6.07, 6.45) is 0.919. The summed E-state index contributed by atoms with van der Waals surface area (Å²) < 4.78 is 43.2. The summed E-state index contributed by atoms with van der Waals surface area (Å²) in [5.41, 5.74) is 0.606. The molecule has 0 spiro atoms. The molecule has 32 heavy (non-hydrogen) atoms. The number of amides is 2. The van der Waals surface area contributed by atoms with Gasteiger partial charge in [-0.3, -0.25) is 14.3 Å². The van der Waals surface area contributed by atoms with Crippen LogP contribution in [0, 0.1) is 0 Å². The van der Waals surface area contributed by atoms with Crippen LogP contribution in [0.4, 0.5) is 5.69 Å². The Morgan fingerprint density at radius 1 is 1.31 bits per heavy atom. The molecule has 0 bridgehead atoms. The number of ether oxygens (including phenoxy) is 3. The van der Waals surface area contributed by atoms with Gasteiger partial charge in [-0.2, -0.15) is 0 Å². The average Bonchev–Trinajstić information content (AvgIpc) is 2.76. The van der Waals surface area contributed by atoms with Gasteiger partial charge in [-0.25, -0.2) is 8.42 Å². The molecule has 1 aromatic carbocycles. The van der Waals surface area contributed by atoms with Crippen molar-refractivity contribution in [3.8, 4) is 5.75 Å². The van der Waals surface area contributed by atoms with Crippen molar-refractivity contribution in [3.63, 3.8) is 0 Å². The molecule has 11 heteroatoms. The van der Waals surface area contributed by atoms with Gasteiger partial charge in [-0.1, -0.05) is 0 Å². The van der Waals surface area contributed by atoms with E-state index in [4.69, 9.17) is 14.2 Å². The zero-order valence-corrected chi connectivity index (χ0v) is 19.4. The quantitative estimate of drug-likeness (QED) is 0.544. The number of nitrogens with zero attached hydrogens (tertiary/aromatic N) is 1. The van der Waals surface area contributed by atoms with Gasteiger partial charge in [0.15, 0.2) is 0 Å². The third kappa shape index (κ3) is 5.90. The van der Waals surface area contributed by atoms with Crippen LogP contribution in [0.5, 0.6) is 5.75 Å². The number of methoxy groups -OCH3 is 1. The molecule has 0 radical (unpaired) electrons. The van der Waals surface area contributed by atoms with Gasteiger partial charge in [0.05, 0.1) is 36.5 Å². The Hall–Kier alpha value is -2.37. The van der Waals surface area contributed by atoms with E-state index in [-0.39, 0.29) is 48.8 Å². The smallest absolute Gasteiger partial charge is 0.257 e. The van der Waals surface area contributed by atoms with Crippen LogP contribution in [0.2, 0.25) is 0 Å². The first-order valence-corrected chi connectivity index (χ1v) is 12.3. The molecule has 2 heterocycles. The lowest BCUT2D eigenvalue weighted by Crippen LogP contribution is -2.54. The monoisotopic (exact) mass is 469 g/mol. The molecule has 2 aliphatic rings. The van der Waals surface area contributed by atoms with Crippen molar-refractivity contribution >= 4 is 27.5 Å². The van der Waals surface area contributed by atoms with Crippen LogP contribution in [0.1, 0.15) is 36.5 Å². The highest BCUT2D eigenvalue weighted by Gasteiger charge is 2.39. The van der Waals surface area contributed by atoms with Crippen LogP contribution >= 0.6 is 0 Å². The van der Waals surface area contributed by atoms with E-state index < -0.39 is 10.0 Å². The largest absolute Gasteiger partial charge is 0.490 e. The number of sulfonamides is 1. The Balaban J connectivity index is 1.71. The maximum absolute atomic E-state index is 13.2. The lowest BCUT2D eigenvalue weighted by atomic mass is 9.94. The summed E-state index contributed by atoms with van der Waals surface area (Å²) in [7, 11) is -0.182. The molecule has 3 atom stereocenters. The lowest BCUT2D eigenvalue weighted by Gasteiger charge is -2.42. The topological polar surface area (TPSA) is 123 Å². The van der Waals surface area contributed by atoms with Crippen molar-refractivity contribution in [2.75, 3.05) is 44.4 Å². The summed E-state index contributed by atoms with van der Waals surface area (Å²) >= 11 is 0. The number of nitrogens with one attached hydrogen (secondary N) is 2. The van der Waals surface area contributed by atoms with Crippen molar-refractivity contribution < 1.29 is 32.2 Å². The summed E-state index contributed by atoms with van der Waals surface area (Å²) in [6.45, 7) is 2.65. The number of carbonyl (C=O) groups is 2. The van der Waals surface area contributed by atoms with Crippen molar-refractivity contribution in [2.24, 2.45) is 0 Å². The Morgan fingerprint density at radius 2 is 2.09 bits per heavy atom. The number of rotatable bonds is 8. The van der Waals surface area contributed by atoms with Gasteiger partial charge in [0.1, 0.15) is 18.5 Å². The maximum atomic E-state index is 13.2. The summed E-state index contributed by atoms with van der Waals surface area (Å²) in [5, 5.41) is 2.79. The normalized spacial score (nSPS) is 23.3. The van der Waals surface area contributed by atoms with Gasteiger partial charge >= 0.3 is 0 Å². The Labute approximate surface area is 188 Å². The van der Waals surface area contributed by atoms with Gasteiger partial charge in [0.2, 0.25) is 15.9 Å². The van der Waals surface area contributed by atoms with Gasteiger partial charge in [0, 0.05) is 26.4 Å². The fourth-order valence-corrected chi connectivity index (χ4v) is 4.54. The fourth-order valence-electron chi connectivity index (χ4n) is 3.91. The summed E-state index contributed by atoms with van der Waals surface area (Å²) in [6, 6.07) is 4.43. The second-order valence-corrected chi connectivity index (χ2v) is 9.94. The van der Waals surface area contributed by atoms with Gasteiger partial charge < -0.3 is 24.4 Å². The Morgan fingerprint density at radius 3 is 2.81 bits per heavy atom. The predicted molar refractivity (Wildman–Crippen MR) is 118 cm³/mol. The molecule has 1 fully saturated rings. The number of hydrogen-bond donors (Lipinski definition) is 2. The van der Waals surface area contributed by atoms with Crippen LogP contribution in [-0.2, 0) is 24.3 Å². The number of fused-ring (bicyclic) bond motifs is 2. The second kappa shape index (κ2) is 10.5. The molecule has 3 rings (SSSR count). The number of likely N-dealkylation sites (N-methyl/N-ethyl adjacent to an activating group) is 1. The second-order valence-electron chi connectivity index (χ2n) is 7.93. The minimum atomic E-state index is -3.46. The summed E-state index contributed by atoms with van der Waals surface area (Å²) in [4.78, 5) is 26.9. The van der Waals surface area contributed by atoms with Crippen molar-refractivity contribution in [1.29, 1.82) is 0 Å². The molecule has 178 valence electrons. The van der Waals surface area contributed by atoms with Crippen molar-refractivity contribution in [1.82, 2.24) is 10.2 Å². The molecule has 0 aliphatic carbocycles. The van der Waals surface area contributed by atoms with Crippen molar-refractivity contribution in [2.45, 2.75) is 44.4 Å². The molecule has 2 aliphatic heterocycles. The fraction of sp³-hybridized carbons (Fsp3) is 0.619. The molecule has 1 aromatic rings. The predicted octanol–water partition coefficient (Wildman–Crippen LogP) is 0.982. The zero-order valence-electron chi connectivity index (χ0n) is 18.6. The number of anilines is 1. The third-order valence-corrected chi connectivity index (χ3v) is 7.01. The third-order valence-electron chi connectivity index (χ3n) is 5.71. The minimum absolute atomic E-state index is 0.0684. The van der Waals surface area contributed by atoms with Gasteiger partial charge in [-0.05, 0) is 38.0 Å². The molecular weight excluding hydrogens is 438 g/mol. The van der Waals surface area contributed by atoms with Gasteiger partial charge in [0.25, 0.3) is 5.91 Å². The van der Waals surface area contributed by atoms with E-state index in [1.807, 2.05) is 0 Å². The zero-order chi connectivity index (χ0) is 23.3. The standard InChI is InChI=1S/C21H31N3O7S/c1-4-32(27,28)23-14-5-8-18-16(11-14)21(26)24(2)17-7-6-15(31-19(17)13-30-18)12-20(25)22-9-10-29-3/h5,8,11,15,17,19,23H,4,6-7,9-10,12-13H2,1-3H3,(H,22,25)/t15-,17+,19-/m1/s1. The van der Waals surface area contributed by atoms with E-state index in [9.17, 15) is 18.0 Å². The van der Waals surface area contributed by atoms with Crippen LogP contribution < -0.4 is 14.8 Å². The van der Waals surface area contributed by atoms with E-state index in [2.05, 4.69) is 10.0 Å². The van der Waals surface area contributed by atoms with Crippen LogP contribution in [0.25, 0.3) is 0 Å². The number of hydrogen-bond acceptors (Lipinski definition) is 7. The Bertz CT molecular complexity index is 937. The first kappa shape index (κ1) is 24.3. The molecule has 2 N–H and O–H groups in total. The minimum Gasteiger partial charge on any atom is -0.490 e. The maximum Gasteiger partial charge on any atom is 0.257 e. The van der Waals surface area contributed by atoms with Gasteiger partial charge in [-0.15, -0.1) is 0 Å². The summed E-state index contributed by atoms with van der Waals surface area (Å²) in [5.74, 6) is -0.0790. The molecule has 0 unspecified atom stereocenters. The lowest BCUT2D eigenvalue weighted by molar-refractivity contribution is -0.134. The highest BCUT2D eigenvalue weighted by molar-refractivity contribution is 7.92. The molecule has 0 saturated carbocycles. The number of benzene rings is 1. The molecule has 0 aromatic heterocycles. The molecule has 10 nitrogen and oxygen atoms in total. The van der Waals surface area contributed by atoms with Crippen LogP contribution in [0.3, 0.4) is 0 Å². The van der Waals surface area contributed by atoms with E-state index in [1.165, 1.54) is 13.0 Å². The first-order valence-electron chi connectivity index (χ1n) is 10.7. The first-order chi connectivity index (χ1) is 15.2. The van der Waals surface area contributed by atoms with E-state index in [1.54, 1.807) is 31.2 Å². The van der Waals surface area contributed by atoms with Crippen molar-refractivity contribution in [3.05, 3.63) is 23.8 Å². The van der Waals surface area contributed by atoms with Crippen LogP contribution in [0.15, 0.2) is 18.2 Å². The average molecular weight is 470 g/mol. The van der Waals surface area contributed by atoms with Crippen LogP contribution in [-0.4, -0.2) is 83.1 Å². The Kier molecular flexibility index (Phi) is 7.96. The van der Waals surface area contributed by atoms with E-state index in [0.717, 1.165) is 0 Å². The number of carbonyl (C=O) groups excluding carboxylic acids is 2. The molecule has 1 saturated heterocycles. The van der Waals surface area contributed by atoms with E-state index >= 15 is 0 Å². The molecular formula is C21H31N3O7S. The highest BCUT2D eigenvalue weighted by Crippen LogP contribution is 2.32. The molecule has 2 amide bonds. The van der Waals surface area contributed by atoms with E-state index in [0.29, 0.717) is 43.0 Å².